The first kappa shape index (κ1) is 16.6. The molecule has 1 N–H and O–H groups in total. The van der Waals surface area contributed by atoms with E-state index in [1.54, 1.807) is 16.9 Å². The van der Waals surface area contributed by atoms with Gasteiger partial charge in [-0.25, -0.2) is 4.98 Å². The molecule has 3 heterocycles. The molecule has 0 bridgehead atoms. The Balaban J connectivity index is 1.67. The number of hydrogen-bond acceptors (Lipinski definition) is 5. The fraction of sp³-hybridized carbons (Fsp3) is 0.0476. The Morgan fingerprint density at radius 2 is 1.82 bits per heavy atom. The molecule has 0 saturated carbocycles. The van der Waals surface area contributed by atoms with Crippen LogP contribution in [-0.4, -0.2) is 24.8 Å². The number of benzene rings is 2. The summed E-state index contributed by atoms with van der Waals surface area (Å²) in [6.45, 7) is 0.643. The fourth-order valence-electron chi connectivity index (χ4n) is 3.21. The molecular weight excluding hydrogens is 372 g/mol. The number of nitrogens with zero attached hydrogens (tertiary/aromatic N) is 5. The van der Waals surface area contributed by atoms with Gasteiger partial charge in [0.05, 0.1) is 5.52 Å². The number of anilines is 1. The van der Waals surface area contributed by atoms with E-state index in [-0.39, 0.29) is 0 Å². The van der Waals surface area contributed by atoms with Crippen molar-refractivity contribution in [2.75, 3.05) is 5.32 Å². The minimum atomic E-state index is 0.643. The highest BCUT2D eigenvalue weighted by atomic mass is 35.5. The van der Waals surface area contributed by atoms with E-state index in [4.69, 9.17) is 16.6 Å². The van der Waals surface area contributed by atoms with Gasteiger partial charge in [0.1, 0.15) is 11.5 Å². The van der Waals surface area contributed by atoms with Gasteiger partial charge in [-0.1, -0.05) is 41.1 Å². The summed E-state index contributed by atoms with van der Waals surface area (Å²) < 4.78 is 1.77. The minimum absolute atomic E-state index is 0.643. The third-order valence-electron chi connectivity index (χ3n) is 4.56. The summed E-state index contributed by atoms with van der Waals surface area (Å²) in [6, 6.07) is 19.5. The zero-order valence-electron chi connectivity index (χ0n) is 14.7. The van der Waals surface area contributed by atoms with Crippen LogP contribution in [0.2, 0.25) is 5.02 Å². The van der Waals surface area contributed by atoms with Crippen molar-refractivity contribution >= 4 is 34.0 Å². The lowest BCUT2D eigenvalue weighted by molar-refractivity contribution is 0.876. The predicted molar refractivity (Wildman–Crippen MR) is 110 cm³/mol. The molecule has 7 heteroatoms. The lowest BCUT2D eigenvalue weighted by Crippen LogP contribution is -2.05. The number of para-hydroxylation sites is 1. The van der Waals surface area contributed by atoms with Crippen LogP contribution in [0.5, 0.6) is 0 Å². The summed E-state index contributed by atoms with van der Waals surface area (Å²) in [6.07, 6.45) is 3.56. The number of halogens is 1. The molecule has 0 saturated heterocycles. The normalized spacial score (nSPS) is 11.2. The SMILES string of the molecule is Clc1cccc(-c2nnn3c2nc(NCc2ccncc2)c2ccccc23)c1. The molecule has 0 aliphatic heterocycles. The third kappa shape index (κ3) is 2.93. The highest BCUT2D eigenvalue weighted by Crippen LogP contribution is 2.29. The van der Waals surface area contributed by atoms with Gasteiger partial charge in [0, 0.05) is 34.9 Å². The maximum atomic E-state index is 6.16. The third-order valence-corrected chi connectivity index (χ3v) is 4.79. The van der Waals surface area contributed by atoms with Gasteiger partial charge in [0.2, 0.25) is 0 Å². The lowest BCUT2D eigenvalue weighted by Gasteiger charge is -2.10. The van der Waals surface area contributed by atoms with Crippen LogP contribution >= 0.6 is 11.6 Å². The zero-order valence-corrected chi connectivity index (χ0v) is 15.5. The van der Waals surface area contributed by atoms with Crippen molar-refractivity contribution in [3.8, 4) is 11.3 Å². The second-order valence-corrected chi connectivity index (χ2v) is 6.81. The Morgan fingerprint density at radius 3 is 2.68 bits per heavy atom. The van der Waals surface area contributed by atoms with Crippen molar-refractivity contribution in [2.45, 2.75) is 6.54 Å². The summed E-state index contributed by atoms with van der Waals surface area (Å²) >= 11 is 6.16. The molecule has 136 valence electrons. The second-order valence-electron chi connectivity index (χ2n) is 6.37. The average molecular weight is 387 g/mol. The van der Waals surface area contributed by atoms with Crippen molar-refractivity contribution < 1.29 is 0 Å². The van der Waals surface area contributed by atoms with Gasteiger partial charge in [-0.05, 0) is 42.0 Å². The second kappa shape index (κ2) is 6.90. The molecule has 0 spiro atoms. The highest BCUT2D eigenvalue weighted by molar-refractivity contribution is 6.30. The molecule has 0 aliphatic rings. The van der Waals surface area contributed by atoms with Crippen LogP contribution in [0.25, 0.3) is 27.8 Å². The zero-order chi connectivity index (χ0) is 18.9. The van der Waals surface area contributed by atoms with Crippen LogP contribution in [-0.2, 0) is 6.54 Å². The van der Waals surface area contributed by atoms with Crippen LogP contribution in [0.3, 0.4) is 0 Å². The van der Waals surface area contributed by atoms with Crippen LogP contribution in [0.1, 0.15) is 5.56 Å². The molecule has 0 radical (unpaired) electrons. The van der Waals surface area contributed by atoms with E-state index in [1.165, 1.54) is 0 Å². The molecule has 5 aromatic rings. The Labute approximate surface area is 165 Å². The molecular formula is C21H15ClN6. The number of hydrogen-bond donors (Lipinski definition) is 1. The Hall–Kier alpha value is -3.51. The molecule has 0 unspecified atom stereocenters. The van der Waals surface area contributed by atoms with Crippen LogP contribution in [0, 0.1) is 0 Å². The minimum Gasteiger partial charge on any atom is -0.365 e. The first-order valence-electron chi connectivity index (χ1n) is 8.82. The Bertz CT molecular complexity index is 1280. The Morgan fingerprint density at radius 1 is 0.964 bits per heavy atom. The number of aromatic nitrogens is 5. The quantitative estimate of drug-likeness (QED) is 0.488. The van der Waals surface area contributed by atoms with Gasteiger partial charge in [-0.15, -0.1) is 5.10 Å². The van der Waals surface area contributed by atoms with E-state index in [9.17, 15) is 0 Å². The number of fused-ring (bicyclic) bond motifs is 3. The number of pyridine rings is 1. The summed E-state index contributed by atoms with van der Waals surface area (Å²) in [5, 5.41) is 13.8. The summed E-state index contributed by atoms with van der Waals surface area (Å²) in [5.74, 6) is 0.783. The molecule has 0 amide bonds. The lowest BCUT2D eigenvalue weighted by atomic mass is 10.1. The van der Waals surface area contributed by atoms with Gasteiger partial charge in [0.15, 0.2) is 5.65 Å². The van der Waals surface area contributed by atoms with Crippen molar-refractivity contribution in [3.63, 3.8) is 0 Å². The van der Waals surface area contributed by atoms with Crippen LogP contribution < -0.4 is 5.32 Å². The maximum absolute atomic E-state index is 6.16. The number of nitrogens with one attached hydrogen (secondary N) is 1. The highest BCUT2D eigenvalue weighted by Gasteiger charge is 2.15. The Kier molecular flexibility index (Phi) is 4.10. The van der Waals surface area contributed by atoms with Gasteiger partial charge < -0.3 is 5.32 Å². The van der Waals surface area contributed by atoms with E-state index in [1.807, 2.05) is 60.7 Å². The van der Waals surface area contributed by atoms with Crippen molar-refractivity contribution in [2.24, 2.45) is 0 Å². The first-order chi connectivity index (χ1) is 13.8. The van der Waals surface area contributed by atoms with Crippen LogP contribution in [0.4, 0.5) is 5.82 Å². The van der Waals surface area contributed by atoms with E-state index in [0.717, 1.165) is 27.8 Å². The summed E-state index contributed by atoms with van der Waals surface area (Å²) in [4.78, 5) is 8.92. The largest absolute Gasteiger partial charge is 0.365 e. The van der Waals surface area contributed by atoms with Gasteiger partial charge >= 0.3 is 0 Å². The molecule has 0 atom stereocenters. The van der Waals surface area contributed by atoms with Gasteiger partial charge in [-0.3, -0.25) is 4.98 Å². The molecule has 28 heavy (non-hydrogen) atoms. The standard InChI is InChI=1S/C21H15ClN6/c22-16-5-3-4-15(12-16)19-21-25-20(24-13-14-8-10-23-11-9-14)17-6-1-2-7-18(17)28(21)27-26-19/h1-12H,13H2,(H,24,25). The monoisotopic (exact) mass is 386 g/mol. The van der Waals surface area contributed by atoms with Crippen molar-refractivity contribution in [3.05, 3.63) is 83.6 Å². The van der Waals surface area contributed by atoms with Crippen LogP contribution in [0.15, 0.2) is 73.1 Å². The summed E-state index contributed by atoms with van der Waals surface area (Å²) in [7, 11) is 0. The molecule has 0 aliphatic carbocycles. The van der Waals surface area contributed by atoms with Crippen molar-refractivity contribution in [1.82, 2.24) is 24.8 Å². The van der Waals surface area contributed by atoms with E-state index in [0.29, 0.717) is 22.9 Å². The van der Waals surface area contributed by atoms with Gasteiger partial charge in [0.25, 0.3) is 0 Å². The topological polar surface area (TPSA) is 68.0 Å². The number of rotatable bonds is 4. The predicted octanol–water partition coefficient (Wildman–Crippen LogP) is 4.61. The average Bonchev–Trinajstić information content (AvgIpc) is 3.17. The molecule has 5 rings (SSSR count). The van der Waals surface area contributed by atoms with Crippen molar-refractivity contribution in [1.29, 1.82) is 0 Å². The molecule has 2 aromatic carbocycles. The van der Waals surface area contributed by atoms with Gasteiger partial charge in [-0.2, -0.15) is 4.52 Å². The fourth-order valence-corrected chi connectivity index (χ4v) is 3.40. The first-order valence-corrected chi connectivity index (χ1v) is 9.20. The van der Waals surface area contributed by atoms with E-state index >= 15 is 0 Å². The van der Waals surface area contributed by atoms with E-state index in [2.05, 4.69) is 20.6 Å². The summed E-state index contributed by atoms with van der Waals surface area (Å²) in [5.41, 5.74) is 4.32. The maximum Gasteiger partial charge on any atom is 0.186 e. The molecule has 6 nitrogen and oxygen atoms in total. The smallest absolute Gasteiger partial charge is 0.186 e. The molecule has 3 aromatic heterocycles. The molecule has 0 fully saturated rings. The van der Waals surface area contributed by atoms with E-state index < -0.39 is 0 Å².